The highest BCUT2D eigenvalue weighted by Crippen LogP contribution is 2.66. The molecule has 4 saturated carbocycles. The summed E-state index contributed by atoms with van der Waals surface area (Å²) in [6.45, 7) is 5.19. The lowest BCUT2D eigenvalue weighted by Crippen LogP contribution is -2.53. The number of fused-ring (bicyclic) bond motifs is 5. The average Bonchev–Trinajstić information content (AvgIpc) is 2.81. The van der Waals surface area contributed by atoms with E-state index in [1.54, 1.807) is 0 Å². The van der Waals surface area contributed by atoms with Crippen LogP contribution in [-0.4, -0.2) is 11.2 Å². The largest absolute Gasteiger partial charge is 0.393 e. The Morgan fingerprint density at radius 3 is 2.55 bits per heavy atom. The standard InChI is InChI=1S/C19H32O/c1-18-9-3-4-16(18)15-6-5-13-12-14(20)7-11-19(13,2)17(15)8-10-18/h13-17,20H,3-12H2,1-2H3/t13?,14?,15?,16?,17?,18-,19-/m0/s1. The number of hydrogen-bond acceptors (Lipinski definition) is 1. The molecule has 0 heterocycles. The van der Waals surface area contributed by atoms with Gasteiger partial charge in [-0.15, -0.1) is 0 Å². The Balaban J connectivity index is 1.62. The van der Waals surface area contributed by atoms with Crippen LogP contribution in [0.25, 0.3) is 0 Å². The molecule has 7 atom stereocenters. The first-order chi connectivity index (χ1) is 9.53. The van der Waals surface area contributed by atoms with E-state index in [0.717, 1.165) is 36.5 Å². The zero-order chi connectivity index (χ0) is 14.0. The van der Waals surface area contributed by atoms with Crippen molar-refractivity contribution in [2.24, 2.45) is 34.5 Å². The van der Waals surface area contributed by atoms with Gasteiger partial charge >= 0.3 is 0 Å². The fourth-order valence-corrected chi connectivity index (χ4v) is 7.23. The minimum absolute atomic E-state index is 0.00459. The average molecular weight is 276 g/mol. The van der Waals surface area contributed by atoms with E-state index in [9.17, 15) is 5.11 Å². The zero-order valence-electron chi connectivity index (χ0n) is 13.4. The maximum absolute atomic E-state index is 10.0. The van der Waals surface area contributed by atoms with E-state index < -0.39 is 0 Å². The molecule has 0 saturated heterocycles. The molecule has 0 amide bonds. The summed E-state index contributed by atoms with van der Waals surface area (Å²) < 4.78 is 0. The van der Waals surface area contributed by atoms with Crippen LogP contribution in [0, 0.1) is 34.5 Å². The van der Waals surface area contributed by atoms with E-state index >= 15 is 0 Å². The Morgan fingerprint density at radius 1 is 0.850 bits per heavy atom. The Kier molecular flexibility index (Phi) is 3.05. The van der Waals surface area contributed by atoms with E-state index in [4.69, 9.17) is 0 Å². The minimum Gasteiger partial charge on any atom is -0.393 e. The van der Waals surface area contributed by atoms with Crippen molar-refractivity contribution in [3.63, 3.8) is 0 Å². The highest BCUT2D eigenvalue weighted by molar-refractivity contribution is 5.07. The fraction of sp³-hybridized carbons (Fsp3) is 1.00. The van der Waals surface area contributed by atoms with Gasteiger partial charge in [0.15, 0.2) is 0 Å². The van der Waals surface area contributed by atoms with Crippen molar-refractivity contribution in [3.8, 4) is 0 Å². The molecular formula is C19H32O. The van der Waals surface area contributed by atoms with Gasteiger partial charge in [0, 0.05) is 0 Å². The van der Waals surface area contributed by atoms with Crippen molar-refractivity contribution in [1.29, 1.82) is 0 Å². The second kappa shape index (κ2) is 4.48. The molecule has 20 heavy (non-hydrogen) atoms. The van der Waals surface area contributed by atoms with Crippen molar-refractivity contribution < 1.29 is 5.11 Å². The van der Waals surface area contributed by atoms with Gasteiger partial charge in [-0.05, 0) is 92.3 Å². The number of aliphatic hydroxyl groups excluding tert-OH is 1. The lowest BCUT2D eigenvalue weighted by atomic mass is 9.45. The first-order valence-electron chi connectivity index (χ1n) is 9.21. The van der Waals surface area contributed by atoms with E-state index in [1.807, 2.05) is 0 Å². The summed E-state index contributed by atoms with van der Waals surface area (Å²) in [6, 6.07) is 0. The second-order valence-corrected chi connectivity index (χ2v) is 9.17. The molecule has 0 radical (unpaired) electrons. The van der Waals surface area contributed by atoms with Crippen LogP contribution in [0.3, 0.4) is 0 Å². The predicted octanol–water partition coefficient (Wildman–Crippen LogP) is 4.78. The maximum atomic E-state index is 10.0. The van der Waals surface area contributed by atoms with Crippen LogP contribution in [0.5, 0.6) is 0 Å². The molecule has 0 spiro atoms. The van der Waals surface area contributed by atoms with Crippen molar-refractivity contribution >= 4 is 0 Å². The fourth-order valence-electron chi connectivity index (χ4n) is 7.23. The van der Waals surface area contributed by atoms with Gasteiger partial charge in [-0.2, -0.15) is 0 Å². The van der Waals surface area contributed by atoms with Crippen LogP contribution in [0.1, 0.15) is 78.1 Å². The Labute approximate surface area is 124 Å². The minimum atomic E-state index is 0.00459. The lowest BCUT2D eigenvalue weighted by Gasteiger charge is -2.60. The van der Waals surface area contributed by atoms with Gasteiger partial charge in [0.1, 0.15) is 0 Å². The van der Waals surface area contributed by atoms with Gasteiger partial charge in [-0.3, -0.25) is 0 Å². The highest BCUT2D eigenvalue weighted by atomic mass is 16.3. The first kappa shape index (κ1) is 13.6. The molecule has 4 fully saturated rings. The van der Waals surface area contributed by atoms with Gasteiger partial charge in [-0.25, -0.2) is 0 Å². The van der Waals surface area contributed by atoms with Gasteiger partial charge in [0.05, 0.1) is 6.10 Å². The van der Waals surface area contributed by atoms with Crippen molar-refractivity contribution in [2.45, 2.75) is 84.2 Å². The van der Waals surface area contributed by atoms with Crippen molar-refractivity contribution in [1.82, 2.24) is 0 Å². The van der Waals surface area contributed by atoms with Crippen LogP contribution in [0.2, 0.25) is 0 Å². The van der Waals surface area contributed by atoms with Crippen LogP contribution < -0.4 is 0 Å². The Bertz CT molecular complexity index is 391. The molecule has 4 rings (SSSR count). The molecule has 4 aliphatic carbocycles. The number of rotatable bonds is 0. The third-order valence-electron chi connectivity index (χ3n) is 8.42. The second-order valence-electron chi connectivity index (χ2n) is 9.17. The lowest BCUT2D eigenvalue weighted by molar-refractivity contribution is -0.120. The third-order valence-corrected chi connectivity index (χ3v) is 8.42. The van der Waals surface area contributed by atoms with Crippen LogP contribution in [-0.2, 0) is 0 Å². The molecule has 5 unspecified atom stereocenters. The highest BCUT2D eigenvalue weighted by Gasteiger charge is 2.57. The maximum Gasteiger partial charge on any atom is 0.0543 e. The summed E-state index contributed by atoms with van der Waals surface area (Å²) in [7, 11) is 0. The van der Waals surface area contributed by atoms with E-state index in [2.05, 4.69) is 13.8 Å². The van der Waals surface area contributed by atoms with Crippen LogP contribution >= 0.6 is 0 Å². The summed E-state index contributed by atoms with van der Waals surface area (Å²) >= 11 is 0. The van der Waals surface area contributed by atoms with Gasteiger partial charge in [0.25, 0.3) is 0 Å². The summed E-state index contributed by atoms with van der Waals surface area (Å²) in [6.07, 6.45) is 13.8. The normalized spacial score (nSPS) is 58.6. The molecule has 0 aromatic heterocycles. The molecule has 0 aliphatic heterocycles. The molecule has 4 aliphatic rings. The van der Waals surface area contributed by atoms with E-state index in [-0.39, 0.29) is 6.10 Å². The summed E-state index contributed by atoms with van der Waals surface area (Å²) in [5.74, 6) is 3.85. The van der Waals surface area contributed by atoms with E-state index in [1.165, 1.54) is 51.4 Å². The number of aliphatic hydroxyl groups is 1. The van der Waals surface area contributed by atoms with Crippen LogP contribution in [0.15, 0.2) is 0 Å². The Hall–Kier alpha value is -0.0400. The summed E-state index contributed by atoms with van der Waals surface area (Å²) in [5, 5.41) is 10.0. The predicted molar refractivity (Wildman–Crippen MR) is 82.4 cm³/mol. The first-order valence-corrected chi connectivity index (χ1v) is 9.21. The van der Waals surface area contributed by atoms with Gasteiger partial charge in [0.2, 0.25) is 0 Å². The summed E-state index contributed by atoms with van der Waals surface area (Å²) in [4.78, 5) is 0. The molecule has 1 N–H and O–H groups in total. The molecule has 0 bridgehead atoms. The quantitative estimate of drug-likeness (QED) is 0.675. The SMILES string of the molecule is C[C@@]12CCCC1C1CCC3CC(O)CC[C@]3(C)C1CC2. The molecule has 1 heteroatoms. The van der Waals surface area contributed by atoms with Crippen molar-refractivity contribution in [3.05, 3.63) is 0 Å². The van der Waals surface area contributed by atoms with E-state index in [0.29, 0.717) is 10.8 Å². The van der Waals surface area contributed by atoms with Gasteiger partial charge < -0.3 is 5.11 Å². The van der Waals surface area contributed by atoms with Crippen molar-refractivity contribution in [2.75, 3.05) is 0 Å². The molecule has 0 aromatic carbocycles. The molecule has 114 valence electrons. The molecule has 1 nitrogen and oxygen atoms in total. The molecular weight excluding hydrogens is 244 g/mol. The third kappa shape index (κ3) is 1.77. The number of hydrogen-bond donors (Lipinski definition) is 1. The zero-order valence-corrected chi connectivity index (χ0v) is 13.4. The smallest absolute Gasteiger partial charge is 0.0543 e. The summed E-state index contributed by atoms with van der Waals surface area (Å²) in [5.41, 5.74) is 1.25. The topological polar surface area (TPSA) is 20.2 Å². The van der Waals surface area contributed by atoms with Gasteiger partial charge in [-0.1, -0.05) is 20.3 Å². The monoisotopic (exact) mass is 276 g/mol. The van der Waals surface area contributed by atoms with Crippen LogP contribution in [0.4, 0.5) is 0 Å². The molecule has 0 aromatic rings. The Morgan fingerprint density at radius 2 is 1.70 bits per heavy atom.